The Kier molecular flexibility index (Phi) is 6.00. The lowest BCUT2D eigenvalue weighted by molar-refractivity contribution is -0.147. The lowest BCUT2D eigenvalue weighted by atomic mass is 10.2. The van der Waals surface area contributed by atoms with Crippen LogP contribution in [0.3, 0.4) is 0 Å². The molecule has 0 spiro atoms. The smallest absolute Gasteiger partial charge is 0.338 e. The van der Waals surface area contributed by atoms with Gasteiger partial charge in [0, 0.05) is 37.7 Å². The Morgan fingerprint density at radius 3 is 2.41 bits per heavy atom. The average Bonchev–Trinajstić information content (AvgIpc) is 2.55. The molecule has 3 N–H and O–H groups in total. The molecule has 1 aromatic rings. The zero-order valence-electron chi connectivity index (χ0n) is 12.1. The van der Waals surface area contributed by atoms with Gasteiger partial charge in [-0.2, -0.15) is 5.48 Å². The number of benzene rings is 1. The summed E-state index contributed by atoms with van der Waals surface area (Å²) in [7, 11) is 0. The highest BCUT2D eigenvalue weighted by molar-refractivity contribution is 6.30. The van der Waals surface area contributed by atoms with Gasteiger partial charge in [0.15, 0.2) is 0 Å². The van der Waals surface area contributed by atoms with Crippen LogP contribution >= 0.6 is 11.6 Å². The predicted molar refractivity (Wildman–Crippen MR) is 82.0 cm³/mol. The first-order valence-electron chi connectivity index (χ1n) is 7.00. The minimum absolute atomic E-state index is 0.269. The maximum absolute atomic E-state index is 11.8. The highest BCUT2D eigenvalue weighted by Crippen LogP contribution is 2.12. The van der Waals surface area contributed by atoms with Gasteiger partial charge < -0.3 is 15.5 Å². The van der Waals surface area contributed by atoms with Gasteiger partial charge in [-0.1, -0.05) is 23.7 Å². The molecule has 1 aliphatic rings. The van der Waals surface area contributed by atoms with E-state index in [2.05, 4.69) is 15.2 Å². The molecule has 8 heteroatoms. The van der Waals surface area contributed by atoms with Crippen LogP contribution in [0.1, 0.15) is 5.56 Å². The zero-order valence-corrected chi connectivity index (χ0v) is 12.9. The monoisotopic (exact) mass is 326 g/mol. The molecule has 0 saturated carbocycles. The first kappa shape index (κ1) is 16.5. The van der Waals surface area contributed by atoms with Crippen molar-refractivity contribution in [3.63, 3.8) is 0 Å². The highest BCUT2D eigenvalue weighted by Gasteiger charge is 2.21. The summed E-state index contributed by atoms with van der Waals surface area (Å²) >= 11 is 5.86. The number of halogens is 1. The van der Waals surface area contributed by atoms with E-state index in [1.165, 1.54) is 5.56 Å². The third-order valence-corrected chi connectivity index (χ3v) is 3.65. The highest BCUT2D eigenvalue weighted by atomic mass is 35.5. The number of rotatable bonds is 3. The molecule has 7 nitrogen and oxygen atoms in total. The number of nitrogens with two attached hydrogens (primary N) is 1. The van der Waals surface area contributed by atoms with Crippen molar-refractivity contribution in [1.82, 2.24) is 15.3 Å². The maximum Gasteiger partial charge on any atom is 0.350 e. The summed E-state index contributed by atoms with van der Waals surface area (Å²) < 4.78 is 0. The molecule has 1 saturated heterocycles. The Labute approximate surface area is 133 Å². The molecule has 1 aliphatic heterocycles. The van der Waals surface area contributed by atoms with Gasteiger partial charge in [-0.25, -0.2) is 9.59 Å². The van der Waals surface area contributed by atoms with Crippen LogP contribution in [-0.2, 0) is 16.2 Å². The number of hydrogen-bond donors (Lipinski definition) is 2. The topological polar surface area (TPSA) is 87.9 Å². The lowest BCUT2D eigenvalue weighted by Gasteiger charge is -2.34. The average molecular weight is 327 g/mol. The van der Waals surface area contributed by atoms with E-state index in [4.69, 9.17) is 17.3 Å². The molecule has 0 atom stereocenters. The molecule has 1 aromatic carbocycles. The Hall–Kier alpha value is -1.83. The lowest BCUT2D eigenvalue weighted by Crippen LogP contribution is -2.51. The van der Waals surface area contributed by atoms with Crippen molar-refractivity contribution in [1.29, 1.82) is 0 Å². The molecular weight excluding hydrogens is 308 g/mol. The van der Waals surface area contributed by atoms with Crippen molar-refractivity contribution >= 4 is 23.6 Å². The normalized spacial score (nSPS) is 15.5. The fraction of sp³-hybridized carbons (Fsp3) is 0.429. The zero-order chi connectivity index (χ0) is 15.9. The second-order valence-corrected chi connectivity index (χ2v) is 5.41. The second kappa shape index (κ2) is 7.98. The summed E-state index contributed by atoms with van der Waals surface area (Å²) in [6, 6.07) is 7.30. The van der Waals surface area contributed by atoms with E-state index in [1.807, 2.05) is 24.3 Å². The number of nitrogens with one attached hydrogen (secondary N) is 1. The summed E-state index contributed by atoms with van der Waals surface area (Å²) in [4.78, 5) is 31.0. The Morgan fingerprint density at radius 2 is 1.82 bits per heavy atom. The summed E-state index contributed by atoms with van der Waals surface area (Å²) in [6.07, 6.45) is 0. The van der Waals surface area contributed by atoms with E-state index >= 15 is 0 Å². The van der Waals surface area contributed by atoms with Crippen molar-refractivity contribution in [3.05, 3.63) is 34.9 Å². The Balaban J connectivity index is 1.74. The number of urea groups is 1. The third kappa shape index (κ3) is 4.87. The summed E-state index contributed by atoms with van der Waals surface area (Å²) in [5.74, 6) is -0.672. The predicted octanol–water partition coefficient (Wildman–Crippen LogP) is 0.584. The second-order valence-electron chi connectivity index (χ2n) is 4.98. The summed E-state index contributed by atoms with van der Waals surface area (Å²) in [6.45, 7) is 3.19. The van der Waals surface area contributed by atoms with Crippen LogP contribution < -0.4 is 11.2 Å². The van der Waals surface area contributed by atoms with Crippen LogP contribution in [0.25, 0.3) is 0 Å². The van der Waals surface area contributed by atoms with Crippen LogP contribution in [0.5, 0.6) is 0 Å². The van der Waals surface area contributed by atoms with Gasteiger partial charge in [0.25, 0.3) is 0 Å². The number of nitrogens with zero attached hydrogens (tertiary/aromatic N) is 2. The van der Waals surface area contributed by atoms with Crippen LogP contribution in [0, 0.1) is 0 Å². The Bertz CT molecular complexity index is 515. The fourth-order valence-electron chi connectivity index (χ4n) is 2.16. The molecular formula is C14H19ClN4O3. The van der Waals surface area contributed by atoms with Crippen molar-refractivity contribution in [3.8, 4) is 0 Å². The molecule has 0 radical (unpaired) electrons. The summed E-state index contributed by atoms with van der Waals surface area (Å²) in [5, 5.41) is 0.720. The molecule has 1 fully saturated rings. The van der Waals surface area contributed by atoms with Gasteiger partial charge in [0.2, 0.25) is 0 Å². The molecule has 0 aromatic heterocycles. The Morgan fingerprint density at radius 1 is 1.18 bits per heavy atom. The number of piperazine rings is 1. The van der Waals surface area contributed by atoms with Crippen LogP contribution in [0.2, 0.25) is 5.02 Å². The molecule has 1 heterocycles. The van der Waals surface area contributed by atoms with Crippen molar-refractivity contribution in [2.24, 2.45) is 5.73 Å². The van der Waals surface area contributed by atoms with E-state index in [0.29, 0.717) is 13.1 Å². The molecule has 0 unspecified atom stereocenters. The first-order chi connectivity index (χ1) is 10.6. The van der Waals surface area contributed by atoms with Gasteiger partial charge >= 0.3 is 12.0 Å². The van der Waals surface area contributed by atoms with E-state index in [9.17, 15) is 9.59 Å². The van der Waals surface area contributed by atoms with Gasteiger partial charge in [-0.15, -0.1) is 0 Å². The minimum atomic E-state index is -0.672. The van der Waals surface area contributed by atoms with Crippen molar-refractivity contribution in [2.45, 2.75) is 6.54 Å². The van der Waals surface area contributed by atoms with E-state index < -0.39 is 12.0 Å². The molecule has 0 bridgehead atoms. The van der Waals surface area contributed by atoms with Crippen LogP contribution in [-0.4, -0.2) is 54.5 Å². The number of hydrogen-bond acceptors (Lipinski definition) is 5. The fourth-order valence-corrected chi connectivity index (χ4v) is 2.29. The molecule has 22 heavy (non-hydrogen) atoms. The van der Waals surface area contributed by atoms with E-state index in [-0.39, 0.29) is 6.54 Å². The quantitative estimate of drug-likeness (QED) is 0.794. The first-order valence-corrected chi connectivity index (χ1v) is 7.37. The van der Waals surface area contributed by atoms with Gasteiger partial charge in [0.05, 0.1) is 6.54 Å². The van der Waals surface area contributed by atoms with Crippen LogP contribution in [0.4, 0.5) is 4.79 Å². The largest absolute Gasteiger partial charge is 0.350 e. The number of carbonyl (C=O) groups excluding carboxylic acids is 2. The summed E-state index contributed by atoms with van der Waals surface area (Å²) in [5.41, 5.74) is 8.36. The van der Waals surface area contributed by atoms with Gasteiger partial charge in [-0.3, -0.25) is 4.90 Å². The minimum Gasteiger partial charge on any atom is -0.338 e. The SMILES string of the molecule is NCC(=O)ONC(=O)N1CCN(Cc2ccc(Cl)cc2)CC1. The molecule has 2 rings (SSSR count). The number of carbonyl (C=O) groups is 2. The molecule has 120 valence electrons. The van der Waals surface area contributed by atoms with Crippen molar-refractivity contribution in [2.75, 3.05) is 32.7 Å². The van der Waals surface area contributed by atoms with Crippen molar-refractivity contribution < 1.29 is 14.4 Å². The maximum atomic E-state index is 11.8. The number of hydroxylamine groups is 1. The van der Waals surface area contributed by atoms with Crippen LogP contribution in [0.15, 0.2) is 24.3 Å². The number of amides is 2. The van der Waals surface area contributed by atoms with Gasteiger partial charge in [-0.05, 0) is 17.7 Å². The third-order valence-electron chi connectivity index (χ3n) is 3.40. The van der Waals surface area contributed by atoms with E-state index in [1.54, 1.807) is 4.90 Å². The van der Waals surface area contributed by atoms with E-state index in [0.717, 1.165) is 24.7 Å². The standard InChI is InChI=1S/C14H19ClN4O3/c15-12-3-1-11(2-4-12)10-18-5-7-19(8-6-18)14(21)17-22-13(20)9-16/h1-4H,5-10,16H2,(H,17,21). The van der Waals surface area contributed by atoms with Gasteiger partial charge in [0.1, 0.15) is 0 Å². The molecule has 0 aliphatic carbocycles. The molecule has 2 amide bonds.